The van der Waals surface area contributed by atoms with E-state index in [0.29, 0.717) is 11.6 Å². The van der Waals surface area contributed by atoms with Crippen LogP contribution in [0.4, 0.5) is 4.79 Å². The van der Waals surface area contributed by atoms with Gasteiger partial charge in [-0.25, -0.2) is 4.79 Å². The lowest BCUT2D eigenvalue weighted by Crippen LogP contribution is -2.38. The molecule has 0 aliphatic rings. The zero-order valence-corrected chi connectivity index (χ0v) is 14.9. The molecule has 1 heterocycles. The van der Waals surface area contributed by atoms with Crippen molar-refractivity contribution in [3.05, 3.63) is 58.6 Å². The molecule has 0 radical (unpaired) electrons. The molecule has 1 aromatic heterocycles. The molecular weight excluding hydrogens is 344 g/mol. The Morgan fingerprint density at radius 2 is 1.92 bits per heavy atom. The van der Waals surface area contributed by atoms with Crippen molar-refractivity contribution in [2.75, 3.05) is 7.05 Å². The normalized spacial score (nSPS) is 12.1. The van der Waals surface area contributed by atoms with Gasteiger partial charge in [-0.2, -0.15) is 8.75 Å². The van der Waals surface area contributed by atoms with Crippen molar-refractivity contribution in [2.24, 2.45) is 0 Å². The van der Waals surface area contributed by atoms with Crippen LogP contribution in [0.2, 0.25) is 5.02 Å². The third kappa shape index (κ3) is 3.83. The molecule has 2 aromatic carbocycles. The summed E-state index contributed by atoms with van der Waals surface area (Å²) in [6.45, 7) is 2.45. The van der Waals surface area contributed by atoms with E-state index in [1.807, 2.05) is 49.4 Å². The fourth-order valence-electron chi connectivity index (χ4n) is 2.40. The van der Waals surface area contributed by atoms with Gasteiger partial charge in [0, 0.05) is 18.6 Å². The predicted molar refractivity (Wildman–Crippen MR) is 97.3 cm³/mol. The molecule has 124 valence electrons. The number of aromatic nitrogens is 2. The topological polar surface area (TPSA) is 58.1 Å². The van der Waals surface area contributed by atoms with Crippen LogP contribution in [0.5, 0.6) is 0 Å². The van der Waals surface area contributed by atoms with Gasteiger partial charge in [0.05, 0.1) is 17.8 Å². The summed E-state index contributed by atoms with van der Waals surface area (Å²) in [7, 11) is 1.77. The lowest BCUT2D eigenvalue weighted by molar-refractivity contribution is 0.203. The van der Waals surface area contributed by atoms with Gasteiger partial charge >= 0.3 is 6.03 Å². The third-order valence-corrected chi connectivity index (χ3v) is 4.60. The Hall–Kier alpha value is -2.18. The van der Waals surface area contributed by atoms with Crippen molar-refractivity contribution >= 4 is 40.4 Å². The van der Waals surface area contributed by atoms with Crippen molar-refractivity contribution in [1.82, 2.24) is 19.0 Å². The van der Waals surface area contributed by atoms with E-state index in [9.17, 15) is 4.79 Å². The average Bonchev–Trinajstić information content (AvgIpc) is 3.03. The monoisotopic (exact) mass is 360 g/mol. The molecule has 24 heavy (non-hydrogen) atoms. The van der Waals surface area contributed by atoms with Crippen LogP contribution in [0.1, 0.15) is 24.1 Å². The van der Waals surface area contributed by atoms with Gasteiger partial charge in [0.2, 0.25) is 0 Å². The van der Waals surface area contributed by atoms with Crippen LogP contribution in [-0.4, -0.2) is 26.7 Å². The highest BCUT2D eigenvalue weighted by Gasteiger charge is 2.14. The molecule has 0 unspecified atom stereocenters. The Bertz CT molecular complexity index is 849. The van der Waals surface area contributed by atoms with Gasteiger partial charge in [-0.15, -0.1) is 0 Å². The van der Waals surface area contributed by atoms with Crippen molar-refractivity contribution in [3.63, 3.8) is 0 Å². The number of fused-ring (bicyclic) bond motifs is 1. The quantitative estimate of drug-likeness (QED) is 0.756. The standard InChI is InChI=1S/C17H17ClN4OS/c1-11(13-4-6-14(18)7-5-13)19-17(23)22(2)10-12-3-8-15-16(9-12)21-24-20-15/h3-9,11H,10H2,1-2H3,(H,19,23)/t11-/m1/s1. The molecule has 0 bridgehead atoms. The Balaban J connectivity index is 1.62. The highest BCUT2D eigenvalue weighted by Crippen LogP contribution is 2.17. The lowest BCUT2D eigenvalue weighted by atomic mass is 10.1. The van der Waals surface area contributed by atoms with Gasteiger partial charge in [0.15, 0.2) is 0 Å². The van der Waals surface area contributed by atoms with Crippen molar-refractivity contribution in [1.29, 1.82) is 0 Å². The van der Waals surface area contributed by atoms with E-state index in [2.05, 4.69) is 14.1 Å². The second kappa shape index (κ2) is 7.15. The smallest absolute Gasteiger partial charge is 0.317 e. The fraction of sp³-hybridized carbons (Fsp3) is 0.235. The molecule has 3 rings (SSSR count). The molecule has 0 aliphatic carbocycles. The Morgan fingerprint density at radius 3 is 2.67 bits per heavy atom. The number of nitrogens with zero attached hydrogens (tertiary/aromatic N) is 3. The number of carbonyl (C=O) groups excluding carboxylic acids is 1. The van der Waals surface area contributed by atoms with Crippen LogP contribution in [0.25, 0.3) is 11.0 Å². The number of amides is 2. The maximum atomic E-state index is 12.4. The molecule has 3 aromatic rings. The summed E-state index contributed by atoms with van der Waals surface area (Å²) in [5.74, 6) is 0. The minimum atomic E-state index is -0.131. The third-order valence-electron chi connectivity index (χ3n) is 3.79. The average molecular weight is 361 g/mol. The van der Waals surface area contributed by atoms with Gasteiger partial charge in [0.1, 0.15) is 11.0 Å². The summed E-state index contributed by atoms with van der Waals surface area (Å²) in [4.78, 5) is 14.0. The largest absolute Gasteiger partial charge is 0.331 e. The van der Waals surface area contributed by atoms with Crippen LogP contribution < -0.4 is 5.32 Å². The minimum absolute atomic E-state index is 0.0950. The first-order valence-electron chi connectivity index (χ1n) is 7.51. The first-order chi connectivity index (χ1) is 11.5. The van der Waals surface area contributed by atoms with Crippen LogP contribution in [0.15, 0.2) is 42.5 Å². The van der Waals surface area contributed by atoms with Crippen molar-refractivity contribution in [2.45, 2.75) is 19.5 Å². The molecule has 2 amide bonds. The number of hydrogen-bond acceptors (Lipinski definition) is 4. The summed E-state index contributed by atoms with van der Waals surface area (Å²) in [6.07, 6.45) is 0. The summed E-state index contributed by atoms with van der Waals surface area (Å²) in [5, 5.41) is 3.67. The maximum absolute atomic E-state index is 12.4. The molecule has 1 N–H and O–H groups in total. The zero-order chi connectivity index (χ0) is 17.1. The van der Waals surface area contributed by atoms with E-state index in [-0.39, 0.29) is 12.1 Å². The van der Waals surface area contributed by atoms with Crippen LogP contribution in [0.3, 0.4) is 0 Å². The van der Waals surface area contributed by atoms with Crippen LogP contribution in [-0.2, 0) is 6.54 Å². The molecule has 0 spiro atoms. The second-order valence-corrected chi connectivity index (χ2v) is 6.63. The SMILES string of the molecule is C[C@@H](NC(=O)N(C)Cc1ccc2nsnc2c1)c1ccc(Cl)cc1. The van der Waals surface area contributed by atoms with Gasteiger partial charge in [-0.3, -0.25) is 0 Å². The fourth-order valence-corrected chi connectivity index (χ4v) is 3.05. The van der Waals surface area contributed by atoms with Gasteiger partial charge in [0.25, 0.3) is 0 Å². The summed E-state index contributed by atoms with van der Waals surface area (Å²) < 4.78 is 8.41. The van der Waals surface area contributed by atoms with E-state index in [1.54, 1.807) is 11.9 Å². The number of hydrogen-bond donors (Lipinski definition) is 1. The van der Waals surface area contributed by atoms with Crippen LogP contribution in [0, 0.1) is 0 Å². The van der Waals surface area contributed by atoms with Crippen molar-refractivity contribution in [3.8, 4) is 0 Å². The molecule has 0 saturated carbocycles. The van der Waals surface area contributed by atoms with Gasteiger partial charge in [-0.1, -0.05) is 29.8 Å². The first-order valence-corrected chi connectivity index (χ1v) is 8.62. The maximum Gasteiger partial charge on any atom is 0.317 e. The summed E-state index contributed by atoms with van der Waals surface area (Å²) >= 11 is 7.08. The Kier molecular flexibility index (Phi) is 4.97. The van der Waals surface area contributed by atoms with E-state index in [0.717, 1.165) is 22.2 Å². The number of nitrogens with one attached hydrogen (secondary N) is 1. The summed E-state index contributed by atoms with van der Waals surface area (Å²) in [6, 6.07) is 13.1. The number of carbonyl (C=O) groups is 1. The zero-order valence-electron chi connectivity index (χ0n) is 13.4. The number of benzene rings is 2. The van der Waals surface area contributed by atoms with E-state index >= 15 is 0 Å². The highest BCUT2D eigenvalue weighted by atomic mass is 35.5. The molecule has 0 fully saturated rings. The lowest BCUT2D eigenvalue weighted by Gasteiger charge is -2.21. The molecule has 0 aliphatic heterocycles. The summed E-state index contributed by atoms with van der Waals surface area (Å²) in [5.41, 5.74) is 3.77. The number of rotatable bonds is 4. The minimum Gasteiger partial charge on any atom is -0.331 e. The van der Waals surface area contributed by atoms with Crippen molar-refractivity contribution < 1.29 is 4.79 Å². The number of halogens is 1. The molecule has 7 heteroatoms. The van der Waals surface area contributed by atoms with E-state index in [4.69, 9.17) is 11.6 Å². The molecule has 5 nitrogen and oxygen atoms in total. The van der Waals surface area contributed by atoms with Gasteiger partial charge < -0.3 is 10.2 Å². The Labute approximate surface area is 149 Å². The Morgan fingerprint density at radius 1 is 1.21 bits per heavy atom. The second-order valence-electron chi connectivity index (χ2n) is 5.67. The molecule has 1 atom stereocenters. The number of urea groups is 1. The predicted octanol–water partition coefficient (Wildman–Crippen LogP) is 4.25. The van der Waals surface area contributed by atoms with E-state index in [1.165, 1.54) is 11.7 Å². The van der Waals surface area contributed by atoms with E-state index < -0.39 is 0 Å². The highest BCUT2D eigenvalue weighted by molar-refractivity contribution is 7.00. The molecular formula is C17H17ClN4OS. The van der Waals surface area contributed by atoms with Crippen LogP contribution >= 0.6 is 23.3 Å². The van der Waals surface area contributed by atoms with Gasteiger partial charge in [-0.05, 0) is 42.3 Å². The first kappa shape index (κ1) is 16.7. The molecule has 0 saturated heterocycles.